The Balaban J connectivity index is 2.78. The molecule has 0 saturated heterocycles. The molecule has 0 saturated carbocycles. The van der Waals surface area contributed by atoms with Gasteiger partial charge in [0.1, 0.15) is 12.3 Å². The predicted octanol–water partition coefficient (Wildman–Crippen LogP) is 0.969. The summed E-state index contributed by atoms with van der Waals surface area (Å²) in [7, 11) is 0. The van der Waals surface area contributed by atoms with Crippen LogP contribution in [-0.2, 0) is 0 Å². The van der Waals surface area contributed by atoms with Crippen LogP contribution in [0.4, 0.5) is 0 Å². The van der Waals surface area contributed by atoms with Gasteiger partial charge in [0, 0.05) is 12.6 Å². The fraction of sp³-hybridized carbons (Fsp3) is 0.444. The maximum absolute atomic E-state index is 11.6. The van der Waals surface area contributed by atoms with E-state index >= 15 is 0 Å². The van der Waals surface area contributed by atoms with Crippen LogP contribution in [0.25, 0.3) is 0 Å². The van der Waals surface area contributed by atoms with Gasteiger partial charge in [0.05, 0.1) is 6.07 Å². The van der Waals surface area contributed by atoms with Crippen LogP contribution < -0.4 is 0 Å². The van der Waals surface area contributed by atoms with E-state index in [1.54, 1.807) is 13.0 Å². The number of nitriles is 1. The summed E-state index contributed by atoms with van der Waals surface area (Å²) in [6.45, 7) is 4.08. The van der Waals surface area contributed by atoms with Gasteiger partial charge in [-0.2, -0.15) is 5.26 Å². The molecule has 0 unspecified atom stereocenters. The van der Waals surface area contributed by atoms with Gasteiger partial charge in [0.15, 0.2) is 5.69 Å². The molecule has 0 aliphatic heterocycles. The molecule has 0 aliphatic carbocycles. The van der Waals surface area contributed by atoms with Gasteiger partial charge in [0.2, 0.25) is 0 Å². The topological polar surface area (TPSA) is 70.1 Å². The number of amides is 1. The van der Waals surface area contributed by atoms with Gasteiger partial charge in [-0.3, -0.25) is 4.79 Å². The van der Waals surface area contributed by atoms with Crippen LogP contribution in [0.5, 0.6) is 0 Å². The molecule has 0 atom stereocenters. The summed E-state index contributed by atoms with van der Waals surface area (Å²) in [5, 5.41) is 12.1. The lowest BCUT2D eigenvalue weighted by Gasteiger charge is -2.14. The lowest BCUT2D eigenvalue weighted by molar-refractivity contribution is 0.0774. The summed E-state index contributed by atoms with van der Waals surface area (Å²) in [5.74, 6) is 0.312. The molecule has 1 aromatic rings. The van der Waals surface area contributed by atoms with Crippen molar-refractivity contribution in [2.24, 2.45) is 0 Å². The van der Waals surface area contributed by atoms with E-state index in [1.165, 1.54) is 4.90 Å². The number of carbonyl (C=O) groups excluding carboxylic acids is 1. The molecule has 74 valence electrons. The zero-order chi connectivity index (χ0) is 10.6. The highest BCUT2D eigenvalue weighted by Gasteiger charge is 2.17. The standard InChI is InChI=1S/C9H11N3O2/c1-3-12(5-4-10)9(13)8-6-7(2)14-11-8/h6H,3,5H2,1-2H3. The monoisotopic (exact) mass is 193 g/mol. The van der Waals surface area contributed by atoms with Crippen molar-refractivity contribution >= 4 is 5.91 Å². The molecule has 0 bridgehead atoms. The van der Waals surface area contributed by atoms with E-state index in [0.29, 0.717) is 12.3 Å². The fourth-order valence-electron chi connectivity index (χ4n) is 1.04. The first kappa shape index (κ1) is 10.3. The zero-order valence-corrected chi connectivity index (χ0v) is 8.15. The summed E-state index contributed by atoms with van der Waals surface area (Å²) >= 11 is 0. The predicted molar refractivity (Wildman–Crippen MR) is 48.4 cm³/mol. The maximum Gasteiger partial charge on any atom is 0.276 e. The van der Waals surface area contributed by atoms with Crippen LogP contribution in [-0.4, -0.2) is 29.1 Å². The molecule has 0 radical (unpaired) electrons. The van der Waals surface area contributed by atoms with Gasteiger partial charge in [-0.25, -0.2) is 0 Å². The average molecular weight is 193 g/mol. The molecule has 1 rings (SSSR count). The molecule has 1 amide bonds. The largest absolute Gasteiger partial charge is 0.361 e. The smallest absolute Gasteiger partial charge is 0.276 e. The Morgan fingerprint density at radius 1 is 1.79 bits per heavy atom. The molecule has 0 spiro atoms. The van der Waals surface area contributed by atoms with Gasteiger partial charge in [-0.05, 0) is 13.8 Å². The number of hydrogen-bond donors (Lipinski definition) is 0. The Hall–Kier alpha value is -1.83. The van der Waals surface area contributed by atoms with Crippen LogP contribution in [0, 0.1) is 18.3 Å². The maximum atomic E-state index is 11.6. The van der Waals surface area contributed by atoms with E-state index < -0.39 is 0 Å². The first-order valence-corrected chi connectivity index (χ1v) is 4.28. The van der Waals surface area contributed by atoms with E-state index in [0.717, 1.165) is 0 Å². The van der Waals surface area contributed by atoms with Crippen molar-refractivity contribution in [3.05, 3.63) is 17.5 Å². The molecule has 1 aromatic heterocycles. The molecule has 5 nitrogen and oxygen atoms in total. The molecular formula is C9H11N3O2. The summed E-state index contributed by atoms with van der Waals surface area (Å²) in [6.07, 6.45) is 0. The van der Waals surface area contributed by atoms with Crippen molar-refractivity contribution in [2.75, 3.05) is 13.1 Å². The number of rotatable bonds is 3. The minimum absolute atomic E-state index is 0.0707. The average Bonchev–Trinajstić information content (AvgIpc) is 2.60. The van der Waals surface area contributed by atoms with Crippen molar-refractivity contribution in [1.29, 1.82) is 5.26 Å². The van der Waals surface area contributed by atoms with Crippen molar-refractivity contribution in [1.82, 2.24) is 10.1 Å². The second-order valence-electron chi connectivity index (χ2n) is 2.80. The van der Waals surface area contributed by atoms with Gasteiger partial charge in [-0.15, -0.1) is 0 Å². The quantitative estimate of drug-likeness (QED) is 0.670. The van der Waals surface area contributed by atoms with Gasteiger partial charge >= 0.3 is 0 Å². The number of carbonyl (C=O) groups is 1. The van der Waals surface area contributed by atoms with E-state index in [1.807, 2.05) is 13.0 Å². The van der Waals surface area contributed by atoms with E-state index in [9.17, 15) is 4.79 Å². The summed E-state index contributed by atoms with van der Waals surface area (Å²) in [4.78, 5) is 13.0. The SMILES string of the molecule is CCN(CC#N)C(=O)c1cc(C)on1. The normalized spacial score (nSPS) is 9.50. The van der Waals surface area contributed by atoms with E-state index in [2.05, 4.69) is 5.16 Å². The van der Waals surface area contributed by atoms with Crippen LogP contribution in [0.2, 0.25) is 0 Å². The van der Waals surface area contributed by atoms with Gasteiger partial charge in [0.25, 0.3) is 5.91 Å². The van der Waals surface area contributed by atoms with E-state index in [4.69, 9.17) is 9.78 Å². The Kier molecular flexibility index (Phi) is 3.24. The third kappa shape index (κ3) is 2.10. The van der Waals surface area contributed by atoms with Crippen LogP contribution in [0.1, 0.15) is 23.2 Å². The molecule has 0 aromatic carbocycles. The Morgan fingerprint density at radius 2 is 2.50 bits per heavy atom. The van der Waals surface area contributed by atoms with Crippen molar-refractivity contribution in [3.8, 4) is 6.07 Å². The summed E-state index contributed by atoms with van der Waals surface area (Å²) < 4.78 is 4.78. The Morgan fingerprint density at radius 3 is 2.93 bits per heavy atom. The first-order chi connectivity index (χ1) is 6.69. The second-order valence-corrected chi connectivity index (χ2v) is 2.80. The molecule has 0 aliphatic rings. The molecule has 5 heteroatoms. The molecular weight excluding hydrogens is 182 g/mol. The highest BCUT2D eigenvalue weighted by atomic mass is 16.5. The fourth-order valence-corrected chi connectivity index (χ4v) is 1.04. The molecule has 0 N–H and O–H groups in total. The molecule has 1 heterocycles. The third-order valence-corrected chi connectivity index (χ3v) is 1.78. The van der Waals surface area contributed by atoms with Gasteiger partial charge in [-0.1, -0.05) is 5.16 Å². The highest BCUT2D eigenvalue weighted by molar-refractivity contribution is 5.92. The Labute approximate surface area is 81.9 Å². The lowest BCUT2D eigenvalue weighted by Crippen LogP contribution is -2.31. The highest BCUT2D eigenvalue weighted by Crippen LogP contribution is 2.05. The lowest BCUT2D eigenvalue weighted by atomic mass is 10.3. The van der Waals surface area contributed by atoms with Crippen molar-refractivity contribution in [2.45, 2.75) is 13.8 Å². The first-order valence-electron chi connectivity index (χ1n) is 4.28. The minimum atomic E-state index is -0.272. The van der Waals surface area contributed by atoms with Crippen molar-refractivity contribution < 1.29 is 9.32 Å². The molecule has 14 heavy (non-hydrogen) atoms. The van der Waals surface area contributed by atoms with E-state index in [-0.39, 0.29) is 18.1 Å². The third-order valence-electron chi connectivity index (χ3n) is 1.78. The second kappa shape index (κ2) is 4.42. The number of hydrogen-bond acceptors (Lipinski definition) is 4. The minimum Gasteiger partial charge on any atom is -0.361 e. The van der Waals surface area contributed by atoms with Crippen LogP contribution in [0.15, 0.2) is 10.6 Å². The Bertz CT molecular complexity index is 364. The van der Waals surface area contributed by atoms with Crippen molar-refractivity contribution in [3.63, 3.8) is 0 Å². The number of aromatic nitrogens is 1. The van der Waals surface area contributed by atoms with Gasteiger partial charge < -0.3 is 9.42 Å². The zero-order valence-electron chi connectivity index (χ0n) is 8.15. The molecule has 0 fully saturated rings. The van der Waals surface area contributed by atoms with Crippen LogP contribution in [0.3, 0.4) is 0 Å². The number of aryl methyl sites for hydroxylation is 1. The summed E-state index contributed by atoms with van der Waals surface area (Å²) in [5.41, 5.74) is 0.250. The number of nitrogens with zero attached hydrogens (tertiary/aromatic N) is 3. The van der Waals surface area contributed by atoms with Crippen LogP contribution >= 0.6 is 0 Å². The summed E-state index contributed by atoms with van der Waals surface area (Å²) in [6, 6.07) is 3.48.